The van der Waals surface area contributed by atoms with Crippen LogP contribution in [0.1, 0.15) is 42.6 Å². The van der Waals surface area contributed by atoms with E-state index < -0.39 is 13.9 Å². The van der Waals surface area contributed by atoms with E-state index in [0.717, 1.165) is 12.8 Å². The fourth-order valence-corrected chi connectivity index (χ4v) is 10.0. The van der Waals surface area contributed by atoms with Gasteiger partial charge in [-0.15, -0.1) is 0 Å². The van der Waals surface area contributed by atoms with Crippen molar-refractivity contribution in [1.82, 2.24) is 15.3 Å². The molecule has 0 aliphatic carbocycles. The summed E-state index contributed by atoms with van der Waals surface area (Å²) in [6.45, 7) is 0. The minimum atomic E-state index is -0.993. The molecule has 1 spiro atoms. The van der Waals surface area contributed by atoms with Crippen LogP contribution in [0.25, 0.3) is 10.9 Å². The predicted molar refractivity (Wildman–Crippen MR) is 95.4 cm³/mol. The monoisotopic (exact) mass is 345 g/mol. The summed E-state index contributed by atoms with van der Waals surface area (Å²) in [5.41, 5.74) is 0.990. The number of nitrogens with zero attached hydrogens (tertiary/aromatic N) is 1. The molecule has 4 heterocycles. The Hall–Kier alpha value is -1.69. The van der Waals surface area contributed by atoms with Crippen LogP contribution in [-0.4, -0.2) is 30.0 Å². The molecule has 1 amide bonds. The molecule has 2 aromatic rings. The van der Waals surface area contributed by atoms with Crippen LogP contribution in [0, 0.1) is 5.82 Å². The van der Waals surface area contributed by atoms with Crippen molar-refractivity contribution in [1.29, 1.82) is 0 Å². The first-order valence-electron chi connectivity index (χ1n) is 9.08. The maximum Gasteiger partial charge on any atom is 0.267 e. The van der Waals surface area contributed by atoms with Gasteiger partial charge in [0.1, 0.15) is 5.69 Å². The number of hydrogen-bond donors (Lipinski definition) is 2. The zero-order valence-electron chi connectivity index (χ0n) is 13.9. The second kappa shape index (κ2) is 6.31. The molecule has 2 saturated heterocycles. The van der Waals surface area contributed by atoms with Gasteiger partial charge in [-0.25, -0.2) is 4.39 Å². The Kier molecular flexibility index (Phi) is 4.16. The number of pyridine rings is 1. The van der Waals surface area contributed by atoms with Crippen molar-refractivity contribution in [2.75, 3.05) is 0 Å². The molecule has 2 fully saturated rings. The number of nitrogens with one attached hydrogen (secondary N) is 2. The number of carbonyl (C=O) groups excluding carboxylic acids is 1. The van der Waals surface area contributed by atoms with E-state index in [0.29, 0.717) is 16.6 Å². The summed E-state index contributed by atoms with van der Waals surface area (Å²) in [4.78, 5) is 19.3. The Bertz CT molecular complexity index is 744. The molecule has 0 saturated carbocycles. The lowest BCUT2D eigenvalue weighted by Crippen LogP contribution is -2.46. The van der Waals surface area contributed by atoms with E-state index >= 15 is 0 Å². The van der Waals surface area contributed by atoms with Crippen LogP contribution in [0.3, 0.4) is 0 Å². The fraction of sp³-hybridized carbons (Fsp3) is 0.556. The van der Waals surface area contributed by atoms with E-state index in [1.165, 1.54) is 49.6 Å². The molecule has 24 heavy (non-hydrogen) atoms. The quantitative estimate of drug-likeness (QED) is 0.800. The lowest BCUT2D eigenvalue weighted by atomic mass is 10.1. The summed E-state index contributed by atoms with van der Waals surface area (Å²) in [5.74, 6) is -0.525. The molecule has 0 bridgehead atoms. The molecule has 6 heteroatoms. The summed E-state index contributed by atoms with van der Waals surface area (Å²) in [6.07, 6.45) is 9.24. The number of H-pyrrole nitrogens is 1. The SMILES string of the molecule is O=C(NC1CC[Si]2(CCCCC2)CC1)c1cc2c(F)cncc2[nH]1. The number of amides is 1. The topological polar surface area (TPSA) is 57.8 Å². The van der Waals surface area contributed by atoms with E-state index in [9.17, 15) is 9.18 Å². The third kappa shape index (κ3) is 2.99. The highest BCUT2D eigenvalue weighted by atomic mass is 28.3. The van der Waals surface area contributed by atoms with E-state index in [2.05, 4.69) is 15.3 Å². The van der Waals surface area contributed by atoms with Crippen LogP contribution in [0.15, 0.2) is 18.5 Å². The predicted octanol–water partition coefficient (Wildman–Crippen LogP) is 4.23. The van der Waals surface area contributed by atoms with Crippen molar-refractivity contribution < 1.29 is 9.18 Å². The van der Waals surface area contributed by atoms with Crippen molar-refractivity contribution in [2.24, 2.45) is 0 Å². The van der Waals surface area contributed by atoms with E-state index in [1.807, 2.05) is 0 Å². The lowest BCUT2D eigenvalue weighted by molar-refractivity contribution is 0.0929. The van der Waals surface area contributed by atoms with Gasteiger partial charge in [-0.3, -0.25) is 9.78 Å². The Balaban J connectivity index is 1.40. The molecular weight excluding hydrogens is 321 g/mol. The van der Waals surface area contributed by atoms with Gasteiger partial charge >= 0.3 is 0 Å². The number of rotatable bonds is 2. The second-order valence-electron chi connectivity index (χ2n) is 7.57. The molecule has 0 atom stereocenters. The highest BCUT2D eigenvalue weighted by Crippen LogP contribution is 2.40. The number of fused-ring (bicyclic) bond motifs is 1. The summed E-state index contributed by atoms with van der Waals surface area (Å²) in [7, 11) is -0.993. The largest absolute Gasteiger partial charge is 0.349 e. The van der Waals surface area contributed by atoms with Crippen LogP contribution < -0.4 is 5.32 Å². The summed E-state index contributed by atoms with van der Waals surface area (Å²) in [6, 6.07) is 7.59. The van der Waals surface area contributed by atoms with Gasteiger partial charge in [0.25, 0.3) is 5.91 Å². The zero-order chi connectivity index (χ0) is 16.6. The number of halogens is 1. The van der Waals surface area contributed by atoms with Gasteiger partial charge in [0.15, 0.2) is 5.82 Å². The summed E-state index contributed by atoms with van der Waals surface area (Å²) < 4.78 is 13.7. The van der Waals surface area contributed by atoms with Gasteiger partial charge in [0.2, 0.25) is 0 Å². The smallest absolute Gasteiger partial charge is 0.267 e. The van der Waals surface area contributed by atoms with Crippen molar-refractivity contribution in [3.63, 3.8) is 0 Å². The van der Waals surface area contributed by atoms with Crippen molar-refractivity contribution in [3.05, 3.63) is 30.0 Å². The average Bonchev–Trinajstić information content (AvgIpc) is 3.04. The number of hydrogen-bond acceptors (Lipinski definition) is 2. The van der Waals surface area contributed by atoms with Crippen molar-refractivity contribution in [2.45, 2.75) is 62.3 Å². The molecule has 0 radical (unpaired) electrons. The Morgan fingerprint density at radius 1 is 1.17 bits per heavy atom. The minimum absolute atomic E-state index is 0.128. The minimum Gasteiger partial charge on any atom is -0.349 e. The molecule has 0 aromatic carbocycles. The molecule has 2 aliphatic rings. The Morgan fingerprint density at radius 2 is 1.92 bits per heavy atom. The van der Waals surface area contributed by atoms with Crippen molar-refractivity contribution in [3.8, 4) is 0 Å². The van der Waals surface area contributed by atoms with E-state index in [1.54, 1.807) is 12.3 Å². The van der Waals surface area contributed by atoms with Gasteiger partial charge in [-0.05, 0) is 18.9 Å². The van der Waals surface area contributed by atoms with E-state index in [-0.39, 0.29) is 11.9 Å². The summed E-state index contributed by atoms with van der Waals surface area (Å²) >= 11 is 0. The van der Waals surface area contributed by atoms with Crippen molar-refractivity contribution >= 4 is 24.9 Å². The fourth-order valence-electron chi connectivity index (χ4n) is 4.58. The average molecular weight is 345 g/mol. The zero-order valence-corrected chi connectivity index (χ0v) is 14.9. The molecule has 128 valence electrons. The van der Waals surface area contributed by atoms with E-state index in [4.69, 9.17) is 0 Å². The molecule has 4 nitrogen and oxygen atoms in total. The number of aromatic nitrogens is 2. The molecule has 2 aliphatic heterocycles. The van der Waals surface area contributed by atoms with Gasteiger partial charge < -0.3 is 10.3 Å². The van der Waals surface area contributed by atoms with Crippen LogP contribution >= 0.6 is 0 Å². The van der Waals surface area contributed by atoms with Crippen LogP contribution in [0.4, 0.5) is 4.39 Å². The van der Waals surface area contributed by atoms with Gasteiger partial charge in [-0.2, -0.15) is 0 Å². The molecule has 2 aromatic heterocycles. The standard InChI is InChI=1S/C18H24FN3OSi/c19-15-11-20-12-17-14(15)10-16(22-17)18(23)21-13-4-8-24(9-5-13)6-2-1-3-7-24/h10-13,22H,1-9H2,(H,21,23). The number of carbonyl (C=O) groups is 1. The van der Waals surface area contributed by atoms with Gasteiger partial charge in [0, 0.05) is 11.4 Å². The maximum atomic E-state index is 13.7. The molecule has 0 unspecified atom stereocenters. The third-order valence-electron chi connectivity index (χ3n) is 6.04. The molecular formula is C18H24FN3OSi. The first-order chi connectivity index (χ1) is 11.7. The number of aromatic amines is 1. The van der Waals surface area contributed by atoms with Gasteiger partial charge in [-0.1, -0.05) is 43.4 Å². The lowest BCUT2D eigenvalue weighted by Gasteiger charge is -2.41. The highest BCUT2D eigenvalue weighted by molar-refractivity contribution is 6.80. The first kappa shape index (κ1) is 15.8. The van der Waals surface area contributed by atoms with Crippen LogP contribution in [0.5, 0.6) is 0 Å². The summed E-state index contributed by atoms with van der Waals surface area (Å²) in [5, 5.41) is 3.57. The third-order valence-corrected chi connectivity index (χ3v) is 11.6. The van der Waals surface area contributed by atoms with Crippen LogP contribution in [-0.2, 0) is 0 Å². The Labute approximate surface area is 142 Å². The molecule has 2 N–H and O–H groups in total. The van der Waals surface area contributed by atoms with Crippen LogP contribution in [0.2, 0.25) is 24.2 Å². The van der Waals surface area contributed by atoms with Gasteiger partial charge in [0.05, 0.1) is 26.0 Å². The second-order valence-corrected chi connectivity index (χ2v) is 12.6. The first-order valence-corrected chi connectivity index (χ1v) is 11.9. The Morgan fingerprint density at radius 3 is 2.62 bits per heavy atom. The highest BCUT2D eigenvalue weighted by Gasteiger charge is 2.38. The maximum absolute atomic E-state index is 13.7. The molecule has 4 rings (SSSR count). The normalized spacial score (nSPS) is 21.2.